The second-order valence-electron chi connectivity index (χ2n) is 2.91. The Labute approximate surface area is 71.1 Å². The van der Waals surface area contributed by atoms with Crippen molar-refractivity contribution in [3.63, 3.8) is 0 Å². The number of carboxylic acids is 1. The largest absolute Gasteiger partial charge is 0.480 e. The Hall–Kier alpha value is -1.12. The highest BCUT2D eigenvalue weighted by atomic mass is 16.4. The molecule has 12 heavy (non-hydrogen) atoms. The standard InChI is InChI=1S/C9H11O3/c10-6-8(9(11)12)7-4-2-1-3-5-7/h4,8H,1-3,5H2,(H,11,12). The maximum atomic E-state index is 10.5. The van der Waals surface area contributed by atoms with Crippen LogP contribution in [0.1, 0.15) is 25.7 Å². The summed E-state index contributed by atoms with van der Waals surface area (Å²) in [7, 11) is 0. The van der Waals surface area contributed by atoms with Crippen LogP contribution in [-0.4, -0.2) is 17.4 Å². The fraction of sp³-hybridized carbons (Fsp3) is 0.556. The number of aliphatic carboxylic acids is 1. The van der Waals surface area contributed by atoms with Gasteiger partial charge in [-0.25, -0.2) is 0 Å². The maximum Gasteiger partial charge on any atom is 0.318 e. The minimum atomic E-state index is -1.09. The van der Waals surface area contributed by atoms with Gasteiger partial charge in [-0.05, 0) is 25.7 Å². The van der Waals surface area contributed by atoms with Gasteiger partial charge in [0.25, 0.3) is 0 Å². The van der Waals surface area contributed by atoms with Gasteiger partial charge in [-0.15, -0.1) is 0 Å². The van der Waals surface area contributed by atoms with Gasteiger partial charge in [0.05, 0.1) is 0 Å². The summed E-state index contributed by atoms with van der Waals surface area (Å²) in [6.45, 7) is 0. The monoisotopic (exact) mass is 167 g/mol. The summed E-state index contributed by atoms with van der Waals surface area (Å²) in [4.78, 5) is 20.8. The van der Waals surface area contributed by atoms with Crippen molar-refractivity contribution in [1.82, 2.24) is 0 Å². The molecule has 0 bridgehead atoms. The molecule has 1 aliphatic rings. The molecule has 0 aromatic carbocycles. The van der Waals surface area contributed by atoms with Crippen molar-refractivity contribution in [2.45, 2.75) is 25.7 Å². The van der Waals surface area contributed by atoms with Gasteiger partial charge in [-0.2, -0.15) is 0 Å². The van der Waals surface area contributed by atoms with E-state index in [0.717, 1.165) is 31.3 Å². The smallest absolute Gasteiger partial charge is 0.318 e. The number of rotatable bonds is 3. The third kappa shape index (κ3) is 1.94. The average molecular weight is 167 g/mol. The topological polar surface area (TPSA) is 54.4 Å². The molecule has 0 aromatic heterocycles. The Balaban J connectivity index is 2.70. The first-order valence-corrected chi connectivity index (χ1v) is 4.05. The normalized spacial score (nSPS) is 19.5. The first-order chi connectivity index (χ1) is 5.75. The Bertz CT molecular complexity index is 218. The maximum absolute atomic E-state index is 10.5. The minimum absolute atomic E-state index is 0.726. The quantitative estimate of drug-likeness (QED) is 0.509. The summed E-state index contributed by atoms with van der Waals surface area (Å²) in [6.07, 6.45) is 7.10. The molecule has 0 saturated heterocycles. The lowest BCUT2D eigenvalue weighted by Crippen LogP contribution is -2.18. The van der Waals surface area contributed by atoms with E-state index in [1.807, 2.05) is 6.08 Å². The zero-order valence-electron chi connectivity index (χ0n) is 6.75. The summed E-state index contributed by atoms with van der Waals surface area (Å²) in [6, 6.07) is 0. The van der Waals surface area contributed by atoms with Crippen molar-refractivity contribution < 1.29 is 14.7 Å². The van der Waals surface area contributed by atoms with Crippen LogP contribution in [0.4, 0.5) is 0 Å². The number of allylic oxidation sites excluding steroid dienone is 1. The summed E-state index contributed by atoms with van der Waals surface area (Å²) in [5.74, 6) is -2.11. The number of carbonyl (C=O) groups is 1. The van der Waals surface area contributed by atoms with E-state index in [-0.39, 0.29) is 0 Å². The Morgan fingerprint density at radius 1 is 1.58 bits per heavy atom. The first-order valence-electron chi connectivity index (χ1n) is 4.05. The van der Waals surface area contributed by atoms with Gasteiger partial charge in [-0.1, -0.05) is 11.6 Å². The molecule has 1 rings (SSSR count). The van der Waals surface area contributed by atoms with Crippen LogP contribution in [0.15, 0.2) is 11.6 Å². The second kappa shape index (κ2) is 4.04. The van der Waals surface area contributed by atoms with Crippen molar-refractivity contribution in [2.24, 2.45) is 5.92 Å². The van der Waals surface area contributed by atoms with Crippen molar-refractivity contribution in [1.29, 1.82) is 0 Å². The van der Waals surface area contributed by atoms with E-state index < -0.39 is 11.9 Å². The average Bonchev–Trinajstić information content (AvgIpc) is 2.07. The van der Waals surface area contributed by atoms with Crippen LogP contribution < -0.4 is 0 Å². The molecule has 1 atom stereocenters. The molecular formula is C9H11O3. The SMILES string of the molecule is O=[C]C(C(=O)O)C1=CCCCC1. The number of carboxylic acid groups (broad SMARTS) is 1. The van der Waals surface area contributed by atoms with Crippen LogP contribution in [0.5, 0.6) is 0 Å². The van der Waals surface area contributed by atoms with Gasteiger partial charge in [0.2, 0.25) is 6.29 Å². The molecule has 1 unspecified atom stereocenters. The molecule has 0 fully saturated rings. The van der Waals surface area contributed by atoms with E-state index in [2.05, 4.69) is 0 Å². The predicted molar refractivity (Wildman–Crippen MR) is 43.4 cm³/mol. The van der Waals surface area contributed by atoms with Crippen LogP contribution in [0.3, 0.4) is 0 Å². The van der Waals surface area contributed by atoms with Gasteiger partial charge in [0.1, 0.15) is 5.92 Å². The molecule has 0 aromatic rings. The molecule has 3 heteroatoms. The van der Waals surface area contributed by atoms with Gasteiger partial charge < -0.3 is 5.11 Å². The van der Waals surface area contributed by atoms with Crippen LogP contribution >= 0.6 is 0 Å². The van der Waals surface area contributed by atoms with Crippen molar-refractivity contribution in [2.75, 3.05) is 0 Å². The Kier molecular flexibility index (Phi) is 3.02. The summed E-state index contributed by atoms with van der Waals surface area (Å²) in [5.41, 5.74) is 0.726. The molecule has 0 heterocycles. The second-order valence-corrected chi connectivity index (χ2v) is 2.91. The summed E-state index contributed by atoms with van der Waals surface area (Å²) in [5, 5.41) is 8.62. The Morgan fingerprint density at radius 3 is 2.75 bits per heavy atom. The Morgan fingerprint density at radius 2 is 2.33 bits per heavy atom. The fourth-order valence-electron chi connectivity index (χ4n) is 1.41. The third-order valence-corrected chi connectivity index (χ3v) is 2.06. The van der Waals surface area contributed by atoms with E-state index in [9.17, 15) is 9.59 Å². The molecule has 1 aliphatic carbocycles. The molecule has 0 saturated carbocycles. The van der Waals surface area contributed by atoms with Crippen LogP contribution in [0.25, 0.3) is 0 Å². The predicted octanol–water partition coefficient (Wildman–Crippen LogP) is 1.30. The van der Waals surface area contributed by atoms with Crippen LogP contribution in [0.2, 0.25) is 0 Å². The molecule has 0 amide bonds. The third-order valence-electron chi connectivity index (χ3n) is 2.06. The van der Waals surface area contributed by atoms with E-state index >= 15 is 0 Å². The van der Waals surface area contributed by atoms with E-state index in [4.69, 9.17) is 5.11 Å². The lowest BCUT2D eigenvalue weighted by Gasteiger charge is -2.14. The lowest BCUT2D eigenvalue weighted by molar-refractivity contribution is -0.138. The molecule has 0 spiro atoms. The lowest BCUT2D eigenvalue weighted by atomic mass is 9.90. The minimum Gasteiger partial charge on any atom is -0.480 e. The molecule has 65 valence electrons. The number of hydrogen-bond acceptors (Lipinski definition) is 2. The number of carbonyl (C=O) groups excluding carboxylic acids is 1. The fourth-order valence-corrected chi connectivity index (χ4v) is 1.41. The first kappa shape index (κ1) is 8.97. The molecule has 0 aliphatic heterocycles. The van der Waals surface area contributed by atoms with Crippen molar-refractivity contribution in [3.05, 3.63) is 11.6 Å². The molecule has 1 radical (unpaired) electrons. The highest BCUT2D eigenvalue weighted by molar-refractivity contribution is 5.90. The molecule has 1 N–H and O–H groups in total. The van der Waals surface area contributed by atoms with E-state index in [0.29, 0.717) is 0 Å². The van der Waals surface area contributed by atoms with Gasteiger partial charge >= 0.3 is 5.97 Å². The number of hydrogen-bond donors (Lipinski definition) is 1. The molecular weight excluding hydrogens is 156 g/mol. The van der Waals surface area contributed by atoms with E-state index in [1.165, 1.54) is 0 Å². The van der Waals surface area contributed by atoms with Gasteiger partial charge in [0.15, 0.2) is 0 Å². The van der Waals surface area contributed by atoms with Crippen LogP contribution in [0, 0.1) is 5.92 Å². The highest BCUT2D eigenvalue weighted by Gasteiger charge is 2.22. The molecule has 3 nitrogen and oxygen atoms in total. The summed E-state index contributed by atoms with van der Waals surface area (Å²) >= 11 is 0. The zero-order valence-corrected chi connectivity index (χ0v) is 6.75. The van der Waals surface area contributed by atoms with Gasteiger partial charge in [0, 0.05) is 0 Å². The van der Waals surface area contributed by atoms with Crippen LogP contribution in [-0.2, 0) is 9.59 Å². The van der Waals surface area contributed by atoms with Crippen molar-refractivity contribution in [3.8, 4) is 0 Å². The van der Waals surface area contributed by atoms with E-state index in [1.54, 1.807) is 6.29 Å². The summed E-state index contributed by atoms with van der Waals surface area (Å²) < 4.78 is 0. The zero-order chi connectivity index (χ0) is 8.97. The highest BCUT2D eigenvalue weighted by Crippen LogP contribution is 2.23. The van der Waals surface area contributed by atoms with Gasteiger partial charge in [-0.3, -0.25) is 9.59 Å². The van der Waals surface area contributed by atoms with Crippen molar-refractivity contribution >= 4 is 12.3 Å².